The Hall–Kier alpha value is -3.25. The molecule has 2 aliphatic rings. The Morgan fingerprint density at radius 1 is 1.16 bits per heavy atom. The highest BCUT2D eigenvalue weighted by atomic mass is 19.1. The first kappa shape index (κ1) is 19.7. The Labute approximate surface area is 180 Å². The third kappa shape index (κ3) is 3.27. The van der Waals surface area contributed by atoms with E-state index in [1.807, 2.05) is 24.1 Å². The number of rotatable bonds is 3. The summed E-state index contributed by atoms with van der Waals surface area (Å²) in [7, 11) is 2.00. The van der Waals surface area contributed by atoms with Crippen molar-refractivity contribution in [1.82, 2.24) is 9.88 Å². The van der Waals surface area contributed by atoms with Crippen molar-refractivity contribution >= 4 is 11.6 Å². The SMILES string of the molecule is CN1c2ccc(-c3ccc(F)cc3)cc2[C@@H]2[C@@H](CCN2C(=O)c2cccnc2)[C@H]1CO. The molecule has 5 rings (SSSR count). The molecular formula is C25H24FN3O2. The summed E-state index contributed by atoms with van der Waals surface area (Å²) in [6, 6.07) is 16.0. The lowest BCUT2D eigenvalue weighted by molar-refractivity contribution is 0.0693. The minimum absolute atomic E-state index is 0.0335. The van der Waals surface area contributed by atoms with E-state index in [0.717, 1.165) is 28.8 Å². The van der Waals surface area contributed by atoms with Crippen LogP contribution >= 0.6 is 0 Å². The Kier molecular flexibility index (Phi) is 4.94. The Balaban J connectivity index is 1.60. The number of aliphatic hydroxyl groups excluding tert-OH is 1. The number of aliphatic hydroxyl groups is 1. The summed E-state index contributed by atoms with van der Waals surface area (Å²) < 4.78 is 13.4. The van der Waals surface area contributed by atoms with Gasteiger partial charge in [-0.3, -0.25) is 9.78 Å². The van der Waals surface area contributed by atoms with Crippen molar-refractivity contribution in [2.45, 2.75) is 18.5 Å². The van der Waals surface area contributed by atoms with E-state index >= 15 is 0 Å². The molecule has 0 bridgehead atoms. The van der Waals surface area contributed by atoms with Crippen molar-refractivity contribution in [2.24, 2.45) is 5.92 Å². The van der Waals surface area contributed by atoms with E-state index < -0.39 is 0 Å². The van der Waals surface area contributed by atoms with Gasteiger partial charge in [-0.2, -0.15) is 0 Å². The zero-order valence-electron chi connectivity index (χ0n) is 17.3. The van der Waals surface area contributed by atoms with E-state index in [0.29, 0.717) is 12.1 Å². The molecule has 0 saturated carbocycles. The van der Waals surface area contributed by atoms with Gasteiger partial charge >= 0.3 is 0 Å². The lowest BCUT2D eigenvalue weighted by Gasteiger charge is -2.44. The molecule has 2 aliphatic heterocycles. The first-order chi connectivity index (χ1) is 15.1. The summed E-state index contributed by atoms with van der Waals surface area (Å²) in [5.41, 5.74) is 4.55. The van der Waals surface area contributed by atoms with Gasteiger partial charge in [0.2, 0.25) is 0 Å². The fourth-order valence-electron chi connectivity index (χ4n) is 5.16. The maximum atomic E-state index is 13.4. The fourth-order valence-corrected chi connectivity index (χ4v) is 5.16. The molecule has 3 heterocycles. The lowest BCUT2D eigenvalue weighted by Crippen LogP contribution is -2.48. The highest BCUT2D eigenvalue weighted by molar-refractivity contribution is 5.94. The van der Waals surface area contributed by atoms with Gasteiger partial charge in [0.1, 0.15) is 5.82 Å². The summed E-state index contributed by atoms with van der Waals surface area (Å²) in [5, 5.41) is 10.1. The van der Waals surface area contributed by atoms with Crippen molar-refractivity contribution in [3.63, 3.8) is 0 Å². The van der Waals surface area contributed by atoms with Gasteiger partial charge in [0.05, 0.1) is 24.3 Å². The van der Waals surface area contributed by atoms with Crippen molar-refractivity contribution < 1.29 is 14.3 Å². The normalized spacial score (nSPS) is 22.2. The Morgan fingerprint density at radius 3 is 2.65 bits per heavy atom. The monoisotopic (exact) mass is 417 g/mol. The van der Waals surface area contributed by atoms with E-state index in [4.69, 9.17) is 0 Å². The molecule has 158 valence electrons. The second-order valence-corrected chi connectivity index (χ2v) is 8.28. The number of carbonyl (C=O) groups excluding carboxylic acids is 1. The minimum atomic E-state index is -0.267. The first-order valence-electron chi connectivity index (χ1n) is 10.5. The van der Waals surface area contributed by atoms with Crippen LogP contribution in [0.3, 0.4) is 0 Å². The van der Waals surface area contributed by atoms with Crippen LogP contribution in [0.4, 0.5) is 10.1 Å². The highest BCUT2D eigenvalue weighted by Crippen LogP contribution is 2.49. The van der Waals surface area contributed by atoms with E-state index in [-0.39, 0.29) is 36.3 Å². The molecule has 1 N–H and O–H groups in total. The van der Waals surface area contributed by atoms with Gasteiger partial charge in [0.15, 0.2) is 0 Å². The molecule has 1 aromatic heterocycles. The molecule has 5 nitrogen and oxygen atoms in total. The molecule has 2 aromatic carbocycles. The average Bonchev–Trinajstić information content (AvgIpc) is 3.25. The number of halogens is 1. The Bertz CT molecular complexity index is 1100. The van der Waals surface area contributed by atoms with Gasteiger partial charge < -0.3 is 14.9 Å². The smallest absolute Gasteiger partial charge is 0.255 e. The molecule has 1 saturated heterocycles. The predicted molar refractivity (Wildman–Crippen MR) is 117 cm³/mol. The second kappa shape index (κ2) is 7.78. The lowest BCUT2D eigenvalue weighted by atomic mass is 9.81. The maximum Gasteiger partial charge on any atom is 0.255 e. The zero-order chi connectivity index (χ0) is 21.5. The van der Waals surface area contributed by atoms with Gasteiger partial charge in [-0.25, -0.2) is 4.39 Å². The molecular weight excluding hydrogens is 393 g/mol. The van der Waals surface area contributed by atoms with E-state index in [1.165, 1.54) is 12.1 Å². The van der Waals surface area contributed by atoms with Crippen LogP contribution in [0.5, 0.6) is 0 Å². The molecule has 31 heavy (non-hydrogen) atoms. The molecule has 6 heteroatoms. The predicted octanol–water partition coefficient (Wildman–Crippen LogP) is 3.90. The standard InChI is InChI=1S/C25H24FN3O2/c1-28-22-9-6-17(16-4-7-19(26)8-5-16)13-21(22)24-20(23(28)15-30)10-12-29(24)25(31)18-3-2-11-27-14-18/h2-9,11,13-14,20,23-24,30H,10,12,15H2,1H3/t20-,23+,24-/m0/s1. The zero-order valence-corrected chi connectivity index (χ0v) is 17.3. The molecule has 0 radical (unpaired) electrons. The topological polar surface area (TPSA) is 56.7 Å². The number of nitrogens with zero attached hydrogens (tertiary/aromatic N) is 3. The Morgan fingerprint density at radius 2 is 1.94 bits per heavy atom. The number of anilines is 1. The summed E-state index contributed by atoms with van der Waals surface area (Å²) >= 11 is 0. The van der Waals surface area contributed by atoms with E-state index in [2.05, 4.69) is 16.0 Å². The van der Waals surface area contributed by atoms with Crippen LogP contribution < -0.4 is 4.90 Å². The average molecular weight is 417 g/mol. The summed E-state index contributed by atoms with van der Waals surface area (Å²) in [5.74, 6) is -0.178. The van der Waals surface area contributed by atoms with Crippen molar-refractivity contribution in [1.29, 1.82) is 0 Å². The van der Waals surface area contributed by atoms with Gasteiger partial charge in [-0.1, -0.05) is 18.2 Å². The number of amides is 1. The molecule has 3 atom stereocenters. The van der Waals surface area contributed by atoms with Gasteiger partial charge in [0, 0.05) is 37.6 Å². The van der Waals surface area contributed by atoms with E-state index in [9.17, 15) is 14.3 Å². The highest BCUT2D eigenvalue weighted by Gasteiger charge is 2.47. The molecule has 0 spiro atoms. The third-order valence-corrected chi connectivity index (χ3v) is 6.70. The second-order valence-electron chi connectivity index (χ2n) is 8.28. The van der Waals surface area contributed by atoms with Crippen molar-refractivity contribution in [2.75, 3.05) is 25.1 Å². The minimum Gasteiger partial charge on any atom is -0.394 e. The number of likely N-dealkylation sites (N-methyl/N-ethyl adjacent to an activating group) is 1. The molecule has 1 fully saturated rings. The molecule has 0 aliphatic carbocycles. The molecule has 0 unspecified atom stereocenters. The number of hydrogen-bond acceptors (Lipinski definition) is 4. The number of benzene rings is 2. The number of carbonyl (C=O) groups is 1. The van der Waals surface area contributed by atoms with Crippen molar-refractivity contribution in [3.05, 3.63) is 83.9 Å². The van der Waals surface area contributed by atoms with Gasteiger partial charge in [0.25, 0.3) is 5.91 Å². The quantitative estimate of drug-likeness (QED) is 0.702. The van der Waals surface area contributed by atoms with Crippen LogP contribution in [0.2, 0.25) is 0 Å². The summed E-state index contributed by atoms with van der Waals surface area (Å²) in [4.78, 5) is 21.5. The van der Waals surface area contributed by atoms with E-state index in [1.54, 1.807) is 36.7 Å². The van der Waals surface area contributed by atoms with Crippen LogP contribution in [0.1, 0.15) is 28.4 Å². The van der Waals surface area contributed by atoms with Gasteiger partial charge in [-0.05, 0) is 59.5 Å². The fraction of sp³-hybridized carbons (Fsp3) is 0.280. The van der Waals surface area contributed by atoms with Crippen molar-refractivity contribution in [3.8, 4) is 11.1 Å². The first-order valence-corrected chi connectivity index (χ1v) is 10.5. The maximum absolute atomic E-state index is 13.4. The summed E-state index contributed by atoms with van der Waals surface area (Å²) in [6.07, 6.45) is 4.08. The van der Waals surface area contributed by atoms with Crippen LogP contribution in [0, 0.1) is 11.7 Å². The van der Waals surface area contributed by atoms with Crippen LogP contribution in [0.25, 0.3) is 11.1 Å². The summed E-state index contributed by atoms with van der Waals surface area (Å²) in [6.45, 7) is 0.666. The third-order valence-electron chi connectivity index (χ3n) is 6.70. The number of fused-ring (bicyclic) bond motifs is 3. The van der Waals surface area contributed by atoms with Crippen LogP contribution in [-0.2, 0) is 0 Å². The van der Waals surface area contributed by atoms with Crippen LogP contribution in [-0.4, -0.2) is 47.1 Å². The van der Waals surface area contributed by atoms with Gasteiger partial charge in [-0.15, -0.1) is 0 Å². The number of hydrogen-bond donors (Lipinski definition) is 1. The number of likely N-dealkylation sites (tertiary alicyclic amines) is 1. The van der Waals surface area contributed by atoms with Crippen LogP contribution in [0.15, 0.2) is 67.0 Å². The number of aromatic nitrogens is 1. The largest absolute Gasteiger partial charge is 0.394 e. The number of pyridine rings is 1. The molecule has 1 amide bonds. The molecule has 3 aromatic rings.